The van der Waals surface area contributed by atoms with E-state index in [1.54, 1.807) is 48.5 Å². The third-order valence-electron chi connectivity index (χ3n) is 3.05. The summed E-state index contributed by atoms with van der Waals surface area (Å²) < 4.78 is 5.27. The molecule has 0 fully saturated rings. The van der Waals surface area contributed by atoms with Crippen molar-refractivity contribution in [3.63, 3.8) is 0 Å². The number of terminal acetylenes is 1. The van der Waals surface area contributed by atoms with Crippen LogP contribution in [0.4, 0.5) is 5.69 Å². The summed E-state index contributed by atoms with van der Waals surface area (Å²) >= 11 is 0. The average molecular weight is 335 g/mol. The van der Waals surface area contributed by atoms with Gasteiger partial charge in [0.25, 0.3) is 5.91 Å². The van der Waals surface area contributed by atoms with Gasteiger partial charge in [-0.1, -0.05) is 5.92 Å². The molecule has 0 aliphatic rings. The lowest BCUT2D eigenvalue weighted by Gasteiger charge is -2.04. The number of benzene rings is 2. The number of hydrazone groups is 1. The molecule has 0 bridgehead atoms. The zero-order valence-corrected chi connectivity index (χ0v) is 13.7. The fourth-order valence-electron chi connectivity index (χ4n) is 1.91. The highest BCUT2D eigenvalue weighted by molar-refractivity contribution is 5.96. The number of nitrogens with zero attached hydrogens (tertiary/aromatic N) is 1. The highest BCUT2D eigenvalue weighted by Crippen LogP contribution is 2.11. The Morgan fingerprint density at radius 1 is 1.16 bits per heavy atom. The SMILES string of the molecule is C#CCOc1ccc(/C=N\NC(=O)c2ccc(NC(C)=O)cc2)cc1. The van der Waals surface area contributed by atoms with Crippen LogP contribution in [0.25, 0.3) is 0 Å². The van der Waals surface area contributed by atoms with Gasteiger partial charge < -0.3 is 10.1 Å². The summed E-state index contributed by atoms with van der Waals surface area (Å²) in [7, 11) is 0. The highest BCUT2D eigenvalue weighted by atomic mass is 16.5. The molecule has 0 aromatic heterocycles. The first-order valence-electron chi connectivity index (χ1n) is 7.46. The lowest BCUT2D eigenvalue weighted by molar-refractivity contribution is -0.114. The van der Waals surface area contributed by atoms with Crippen molar-refractivity contribution in [3.05, 3.63) is 59.7 Å². The van der Waals surface area contributed by atoms with Gasteiger partial charge in [0.1, 0.15) is 12.4 Å². The Kier molecular flexibility index (Phi) is 6.32. The van der Waals surface area contributed by atoms with Crippen LogP contribution < -0.4 is 15.5 Å². The second-order valence-corrected chi connectivity index (χ2v) is 5.02. The number of amides is 2. The number of anilines is 1. The smallest absolute Gasteiger partial charge is 0.271 e. The lowest BCUT2D eigenvalue weighted by Crippen LogP contribution is -2.17. The summed E-state index contributed by atoms with van der Waals surface area (Å²) in [6.45, 7) is 1.63. The third kappa shape index (κ3) is 5.84. The minimum absolute atomic E-state index is 0.169. The van der Waals surface area contributed by atoms with Crippen molar-refractivity contribution in [3.8, 4) is 18.1 Å². The average Bonchev–Trinajstić information content (AvgIpc) is 2.61. The first-order chi connectivity index (χ1) is 12.1. The molecule has 2 N–H and O–H groups in total. The molecular weight excluding hydrogens is 318 g/mol. The molecule has 2 aromatic rings. The largest absolute Gasteiger partial charge is 0.481 e. The number of nitrogens with one attached hydrogen (secondary N) is 2. The maximum absolute atomic E-state index is 12.0. The van der Waals surface area contributed by atoms with Gasteiger partial charge in [-0.3, -0.25) is 9.59 Å². The Hall–Kier alpha value is -3.59. The van der Waals surface area contributed by atoms with E-state index >= 15 is 0 Å². The summed E-state index contributed by atoms with van der Waals surface area (Å²) in [5.74, 6) is 2.54. The molecule has 0 radical (unpaired) electrons. The van der Waals surface area contributed by atoms with Gasteiger partial charge in [-0.2, -0.15) is 5.10 Å². The van der Waals surface area contributed by atoms with Crippen LogP contribution in [0.15, 0.2) is 53.6 Å². The Balaban J connectivity index is 1.89. The van der Waals surface area contributed by atoms with Crippen molar-refractivity contribution in [2.24, 2.45) is 5.10 Å². The van der Waals surface area contributed by atoms with Crippen molar-refractivity contribution in [1.82, 2.24) is 5.43 Å². The number of ether oxygens (including phenoxy) is 1. The molecule has 6 nitrogen and oxygen atoms in total. The van der Waals surface area contributed by atoms with Crippen molar-refractivity contribution in [2.45, 2.75) is 6.92 Å². The van der Waals surface area contributed by atoms with Gasteiger partial charge in [0, 0.05) is 18.2 Å². The summed E-state index contributed by atoms with van der Waals surface area (Å²) in [5, 5.41) is 6.54. The zero-order valence-electron chi connectivity index (χ0n) is 13.7. The summed E-state index contributed by atoms with van der Waals surface area (Å²) in [6.07, 6.45) is 6.65. The van der Waals surface area contributed by atoms with Gasteiger partial charge >= 0.3 is 0 Å². The van der Waals surface area contributed by atoms with E-state index in [0.717, 1.165) is 5.56 Å². The number of carbonyl (C=O) groups excluding carboxylic acids is 2. The Morgan fingerprint density at radius 3 is 2.44 bits per heavy atom. The molecule has 2 aromatic carbocycles. The molecule has 6 heteroatoms. The molecule has 2 rings (SSSR count). The predicted molar refractivity (Wildman–Crippen MR) is 96.6 cm³/mol. The fourth-order valence-corrected chi connectivity index (χ4v) is 1.91. The van der Waals surface area contributed by atoms with Crippen LogP contribution in [0.5, 0.6) is 5.75 Å². The molecule has 0 heterocycles. The molecule has 126 valence electrons. The number of carbonyl (C=O) groups is 2. The van der Waals surface area contributed by atoms with Crippen molar-refractivity contribution >= 4 is 23.7 Å². The molecule has 0 aliphatic carbocycles. The molecule has 0 atom stereocenters. The van der Waals surface area contributed by atoms with Crippen LogP contribution in [0.3, 0.4) is 0 Å². The van der Waals surface area contributed by atoms with Gasteiger partial charge in [0.2, 0.25) is 5.91 Å². The van der Waals surface area contributed by atoms with Crippen LogP contribution in [0.1, 0.15) is 22.8 Å². The normalized spacial score (nSPS) is 10.1. The molecule has 0 saturated heterocycles. The molecule has 25 heavy (non-hydrogen) atoms. The van der Waals surface area contributed by atoms with Crippen molar-refractivity contribution in [2.75, 3.05) is 11.9 Å². The molecule has 0 spiro atoms. The van der Waals surface area contributed by atoms with Gasteiger partial charge in [0.15, 0.2) is 0 Å². The second-order valence-electron chi connectivity index (χ2n) is 5.02. The monoisotopic (exact) mass is 335 g/mol. The number of rotatable bonds is 6. The van der Waals surface area contributed by atoms with E-state index in [1.807, 2.05) is 0 Å². The van der Waals surface area contributed by atoms with Gasteiger partial charge in [-0.25, -0.2) is 5.43 Å². The topological polar surface area (TPSA) is 79.8 Å². The van der Waals surface area contributed by atoms with Crippen molar-refractivity contribution in [1.29, 1.82) is 0 Å². The predicted octanol–water partition coefficient (Wildman–Crippen LogP) is 2.42. The van der Waals surface area contributed by atoms with Gasteiger partial charge in [-0.05, 0) is 54.1 Å². The Morgan fingerprint density at radius 2 is 1.84 bits per heavy atom. The van der Waals surface area contributed by atoms with Crippen LogP contribution >= 0.6 is 0 Å². The molecule has 0 unspecified atom stereocenters. The Labute approximate surface area is 145 Å². The molecular formula is C19H17N3O3. The maximum atomic E-state index is 12.0. The molecule has 2 amide bonds. The van der Waals surface area contributed by atoms with E-state index in [1.165, 1.54) is 13.1 Å². The van der Waals surface area contributed by atoms with Gasteiger partial charge in [0.05, 0.1) is 6.21 Å². The second kappa shape index (κ2) is 8.89. The molecule has 0 aliphatic heterocycles. The van der Waals surface area contributed by atoms with Gasteiger partial charge in [-0.15, -0.1) is 6.42 Å². The number of hydrogen-bond donors (Lipinski definition) is 2. The summed E-state index contributed by atoms with van der Waals surface area (Å²) in [6, 6.07) is 13.6. The zero-order chi connectivity index (χ0) is 18.1. The van der Waals surface area contributed by atoms with Crippen molar-refractivity contribution < 1.29 is 14.3 Å². The minimum atomic E-state index is -0.348. The Bertz CT molecular complexity index is 803. The number of hydrogen-bond acceptors (Lipinski definition) is 4. The van der Waals surface area contributed by atoms with E-state index < -0.39 is 0 Å². The van der Waals surface area contributed by atoms with Crippen LogP contribution in [0, 0.1) is 12.3 Å². The lowest BCUT2D eigenvalue weighted by atomic mass is 10.2. The third-order valence-corrected chi connectivity index (χ3v) is 3.05. The standard InChI is InChI=1S/C19H17N3O3/c1-3-12-25-18-10-4-15(5-11-18)13-20-22-19(24)16-6-8-17(9-7-16)21-14(2)23/h1,4-11,13H,12H2,2H3,(H,21,23)(H,22,24)/b20-13-. The van der Waals surface area contributed by atoms with E-state index in [-0.39, 0.29) is 18.4 Å². The van der Waals surface area contributed by atoms with Crippen LogP contribution in [0.2, 0.25) is 0 Å². The van der Waals surface area contributed by atoms with Crippen LogP contribution in [-0.4, -0.2) is 24.6 Å². The minimum Gasteiger partial charge on any atom is -0.481 e. The summed E-state index contributed by atoms with van der Waals surface area (Å²) in [4.78, 5) is 22.9. The van der Waals surface area contributed by atoms with E-state index in [0.29, 0.717) is 17.0 Å². The first-order valence-corrected chi connectivity index (χ1v) is 7.46. The quantitative estimate of drug-likeness (QED) is 0.483. The fraction of sp³-hybridized carbons (Fsp3) is 0.105. The van der Waals surface area contributed by atoms with E-state index in [2.05, 4.69) is 21.8 Å². The van der Waals surface area contributed by atoms with Crippen LogP contribution in [-0.2, 0) is 4.79 Å². The first kappa shape index (κ1) is 17.8. The van der Waals surface area contributed by atoms with E-state index in [4.69, 9.17) is 11.2 Å². The summed E-state index contributed by atoms with van der Waals surface area (Å²) in [5.41, 5.74) is 4.30. The highest BCUT2D eigenvalue weighted by Gasteiger charge is 2.04. The molecule has 0 saturated carbocycles. The maximum Gasteiger partial charge on any atom is 0.271 e. The van der Waals surface area contributed by atoms with E-state index in [9.17, 15) is 9.59 Å².